The molecule has 0 atom stereocenters. The number of rotatable bonds is 7. The molecule has 15 heteroatoms. The Morgan fingerprint density at radius 3 is 2.51 bits per heavy atom. The first kappa shape index (κ1) is 28.2. The Morgan fingerprint density at radius 2 is 1.83 bits per heavy atom. The number of alkyl halides is 2. The summed E-state index contributed by atoms with van der Waals surface area (Å²) >= 11 is 0. The van der Waals surface area contributed by atoms with Gasteiger partial charge in [0.05, 0.1) is 18.4 Å². The lowest BCUT2D eigenvalue weighted by atomic mass is 10.00. The molecular weight excluding hydrogens is 573 g/mol. The van der Waals surface area contributed by atoms with Crippen LogP contribution in [0.3, 0.4) is 0 Å². The van der Waals surface area contributed by atoms with Gasteiger partial charge in [-0.05, 0) is 41.5 Å². The third-order valence-electron chi connectivity index (χ3n) is 6.49. The quantitative estimate of drug-likeness (QED) is 0.319. The fraction of sp³-hybridized carbons (Fsp3) is 0.192. The number of hydrogen-bond donors (Lipinski definition) is 1. The summed E-state index contributed by atoms with van der Waals surface area (Å²) in [5.74, 6) is -4.39. The molecule has 2 aromatic carbocycles. The monoisotopic (exact) mass is 593 g/mol. The molecule has 0 aliphatic carbocycles. The van der Waals surface area contributed by atoms with Gasteiger partial charge in [-0.25, -0.2) is 22.0 Å². The van der Waals surface area contributed by atoms with Crippen molar-refractivity contribution in [3.63, 3.8) is 0 Å². The molecule has 1 aliphatic heterocycles. The van der Waals surface area contributed by atoms with Crippen LogP contribution >= 0.6 is 0 Å². The minimum atomic E-state index is -4.04. The fourth-order valence-corrected chi connectivity index (χ4v) is 5.73. The Kier molecular flexibility index (Phi) is 7.48. The van der Waals surface area contributed by atoms with E-state index in [1.807, 2.05) is 0 Å². The second kappa shape index (κ2) is 10.9. The van der Waals surface area contributed by atoms with Crippen LogP contribution in [0.15, 0.2) is 59.5 Å². The summed E-state index contributed by atoms with van der Waals surface area (Å²) in [6.07, 6.45) is -1.90. The molecule has 214 valence electrons. The zero-order chi connectivity index (χ0) is 29.5. The van der Waals surface area contributed by atoms with Gasteiger partial charge in [0.25, 0.3) is 12.0 Å². The van der Waals surface area contributed by atoms with Crippen molar-refractivity contribution in [3.05, 3.63) is 99.4 Å². The Morgan fingerprint density at radius 1 is 1.05 bits per heavy atom. The Bertz CT molecular complexity index is 1800. The van der Waals surface area contributed by atoms with Crippen molar-refractivity contribution >= 4 is 16.0 Å². The van der Waals surface area contributed by atoms with Crippen LogP contribution < -0.4 is 15.0 Å². The molecule has 0 saturated carbocycles. The van der Waals surface area contributed by atoms with Gasteiger partial charge in [-0.3, -0.25) is 14.1 Å². The largest absolute Gasteiger partial charge is 0.495 e. The summed E-state index contributed by atoms with van der Waals surface area (Å²) in [7, 11) is -2.82. The minimum absolute atomic E-state index is 0.0188. The van der Waals surface area contributed by atoms with Gasteiger partial charge in [-0.1, -0.05) is 6.07 Å². The number of anilines is 1. The van der Waals surface area contributed by atoms with E-state index in [0.29, 0.717) is 23.4 Å². The molecule has 0 fully saturated rings. The Labute approximate surface area is 230 Å². The summed E-state index contributed by atoms with van der Waals surface area (Å²) < 4.78 is 106. The van der Waals surface area contributed by atoms with Crippen molar-refractivity contribution < 1.29 is 35.1 Å². The smallest absolute Gasteiger partial charge is 0.303 e. The van der Waals surface area contributed by atoms with Crippen LogP contribution in [0.1, 0.15) is 23.2 Å². The molecule has 0 spiro atoms. The van der Waals surface area contributed by atoms with Gasteiger partial charge >= 0.3 is 10.2 Å². The third-order valence-corrected chi connectivity index (χ3v) is 7.95. The first-order valence-corrected chi connectivity index (χ1v) is 13.4. The minimum Gasteiger partial charge on any atom is -0.495 e. The number of nitrogens with one attached hydrogen (secondary N) is 1. The van der Waals surface area contributed by atoms with Crippen molar-refractivity contribution in [1.29, 1.82) is 0 Å². The number of hydrogen-bond acceptors (Lipinski definition) is 6. The van der Waals surface area contributed by atoms with Crippen LogP contribution in [0.2, 0.25) is 0 Å². The highest BCUT2D eigenvalue weighted by Gasteiger charge is 2.30. The molecule has 1 aliphatic rings. The molecule has 1 N–H and O–H groups in total. The molecule has 3 heterocycles. The van der Waals surface area contributed by atoms with Crippen molar-refractivity contribution in [3.8, 4) is 22.6 Å². The Balaban J connectivity index is 1.55. The number of ether oxygens (including phenoxy) is 1. The molecule has 0 saturated heterocycles. The van der Waals surface area contributed by atoms with Crippen LogP contribution in [0.5, 0.6) is 5.75 Å². The number of pyridine rings is 1. The molecule has 0 bridgehead atoms. The fourth-order valence-electron chi connectivity index (χ4n) is 4.58. The standard InChI is InChI=1S/C26H20F5N5O4S/c1-40-22-11-16(15-9-17(26(30)31)25(29)19(28)10-15)18(27)12-21(22)36-20-6-8-35(13-14(20)4-5-24(36)37)41(38,39)34-23-3-2-7-32-33-23/h2-5,7,9-12,26H,6,8,13H2,1H3,(H,33,34). The van der Waals surface area contributed by atoms with Gasteiger partial charge in [0.15, 0.2) is 17.5 Å². The topological polar surface area (TPSA) is 106 Å². The molecule has 4 aromatic rings. The van der Waals surface area contributed by atoms with Gasteiger partial charge in [0.1, 0.15) is 11.6 Å². The maximum Gasteiger partial charge on any atom is 0.303 e. The second-order valence-corrected chi connectivity index (χ2v) is 10.6. The lowest BCUT2D eigenvalue weighted by Gasteiger charge is -2.30. The van der Waals surface area contributed by atoms with Crippen molar-refractivity contribution in [2.75, 3.05) is 18.4 Å². The SMILES string of the molecule is COc1cc(-c2cc(F)c(F)c(C(F)F)c2)c(F)cc1-n1c2c(ccc1=O)CN(S(=O)(=O)Nc1cccnn1)CC2. The number of methoxy groups -OCH3 is 1. The summed E-state index contributed by atoms with van der Waals surface area (Å²) in [6.45, 7) is -0.167. The molecule has 5 rings (SSSR count). The highest BCUT2D eigenvalue weighted by atomic mass is 32.2. The van der Waals surface area contributed by atoms with E-state index in [0.717, 1.165) is 21.0 Å². The van der Waals surface area contributed by atoms with E-state index < -0.39 is 45.2 Å². The van der Waals surface area contributed by atoms with Gasteiger partial charge in [0.2, 0.25) is 0 Å². The van der Waals surface area contributed by atoms with E-state index in [1.54, 1.807) is 0 Å². The summed E-state index contributed by atoms with van der Waals surface area (Å²) in [6, 6.07) is 8.81. The van der Waals surface area contributed by atoms with E-state index in [4.69, 9.17) is 4.74 Å². The first-order valence-electron chi connectivity index (χ1n) is 11.9. The molecule has 2 aromatic heterocycles. The molecule has 9 nitrogen and oxygen atoms in total. The number of halogens is 5. The summed E-state index contributed by atoms with van der Waals surface area (Å²) in [5.41, 5.74) is -1.74. The van der Waals surface area contributed by atoms with Crippen LogP contribution in [0, 0.1) is 17.5 Å². The van der Waals surface area contributed by atoms with E-state index in [2.05, 4.69) is 14.9 Å². The van der Waals surface area contributed by atoms with Crippen LogP contribution in [-0.2, 0) is 23.2 Å². The van der Waals surface area contributed by atoms with E-state index >= 15 is 4.39 Å². The maximum atomic E-state index is 15.4. The van der Waals surface area contributed by atoms with Gasteiger partial charge in [-0.15, -0.1) is 5.10 Å². The van der Waals surface area contributed by atoms with Crippen LogP contribution in [-0.4, -0.2) is 41.1 Å². The average Bonchev–Trinajstić information content (AvgIpc) is 2.94. The van der Waals surface area contributed by atoms with Crippen molar-refractivity contribution in [2.45, 2.75) is 19.4 Å². The zero-order valence-electron chi connectivity index (χ0n) is 21.1. The molecule has 41 heavy (non-hydrogen) atoms. The van der Waals surface area contributed by atoms with Crippen LogP contribution in [0.25, 0.3) is 16.8 Å². The van der Waals surface area contributed by atoms with Crippen molar-refractivity contribution in [2.24, 2.45) is 0 Å². The second-order valence-electron chi connectivity index (χ2n) is 8.94. The van der Waals surface area contributed by atoms with Gasteiger partial charge in [-0.2, -0.15) is 17.8 Å². The predicted octanol–water partition coefficient (Wildman–Crippen LogP) is 4.37. The van der Waals surface area contributed by atoms with Gasteiger partial charge < -0.3 is 4.74 Å². The first-order chi connectivity index (χ1) is 19.5. The normalized spacial score (nSPS) is 13.7. The third kappa shape index (κ3) is 5.37. The number of benzene rings is 2. The predicted molar refractivity (Wildman–Crippen MR) is 138 cm³/mol. The van der Waals surface area contributed by atoms with E-state index in [1.165, 1.54) is 37.6 Å². The number of nitrogens with zero attached hydrogens (tertiary/aromatic N) is 4. The van der Waals surface area contributed by atoms with Crippen molar-refractivity contribution in [1.82, 2.24) is 19.1 Å². The number of fused-ring (bicyclic) bond motifs is 1. The molecular formula is C26H20F5N5O4S. The highest BCUT2D eigenvalue weighted by molar-refractivity contribution is 7.90. The maximum absolute atomic E-state index is 15.4. The highest BCUT2D eigenvalue weighted by Crippen LogP contribution is 2.36. The lowest BCUT2D eigenvalue weighted by molar-refractivity contribution is 0.145. The Hall–Kier alpha value is -4.37. The lowest BCUT2D eigenvalue weighted by Crippen LogP contribution is -2.41. The summed E-state index contributed by atoms with van der Waals surface area (Å²) in [5, 5.41) is 7.34. The molecule has 0 unspecified atom stereocenters. The van der Waals surface area contributed by atoms with Gasteiger partial charge in [0, 0.05) is 49.1 Å². The van der Waals surface area contributed by atoms with Crippen LogP contribution in [0.4, 0.5) is 27.8 Å². The average molecular weight is 594 g/mol. The molecule has 0 amide bonds. The summed E-state index contributed by atoms with van der Waals surface area (Å²) in [4.78, 5) is 13.0. The van der Waals surface area contributed by atoms with E-state index in [-0.39, 0.29) is 47.9 Å². The zero-order valence-corrected chi connectivity index (χ0v) is 21.9. The van der Waals surface area contributed by atoms with E-state index in [9.17, 15) is 30.8 Å². The number of aromatic nitrogens is 3. The molecule has 0 radical (unpaired) electrons.